The molecule has 96 valence electrons. The highest BCUT2D eigenvalue weighted by atomic mass is 32.2. The summed E-state index contributed by atoms with van der Waals surface area (Å²) < 4.78 is 0. The minimum absolute atomic E-state index is 0.299. The number of β-amino-alcohol motifs (C(OH)–C–C–N with tert-alkyl or cyclic N) is 1. The molecule has 0 aromatic rings. The van der Waals surface area contributed by atoms with Gasteiger partial charge in [0, 0.05) is 19.6 Å². The van der Waals surface area contributed by atoms with Gasteiger partial charge in [0.25, 0.3) is 0 Å². The van der Waals surface area contributed by atoms with Gasteiger partial charge in [-0.1, -0.05) is 6.92 Å². The fourth-order valence-corrected chi connectivity index (χ4v) is 2.77. The van der Waals surface area contributed by atoms with Crippen LogP contribution in [0.3, 0.4) is 0 Å². The van der Waals surface area contributed by atoms with Crippen molar-refractivity contribution in [2.24, 2.45) is 0 Å². The Balaban J connectivity index is 2.10. The highest BCUT2D eigenvalue weighted by molar-refractivity contribution is 7.99. The zero-order valence-electron chi connectivity index (χ0n) is 10.5. The molecule has 0 aromatic carbocycles. The van der Waals surface area contributed by atoms with Crippen LogP contribution < -0.4 is 0 Å². The van der Waals surface area contributed by atoms with E-state index in [1.54, 1.807) is 0 Å². The first-order valence-electron chi connectivity index (χ1n) is 6.50. The van der Waals surface area contributed by atoms with Crippen LogP contribution in [0.15, 0.2) is 0 Å². The Hall–Kier alpha value is 0.230. The van der Waals surface area contributed by atoms with Crippen molar-refractivity contribution < 1.29 is 5.11 Å². The Labute approximate surface area is 104 Å². The standard InChI is InChI=1S/C12H26N2OS/c1-2-16-12-4-7-13-5-3-6-14(9-8-13)10-11-15/h15H,2-12H2,1H3. The number of rotatable bonds is 7. The first-order chi connectivity index (χ1) is 7.86. The molecule has 0 unspecified atom stereocenters. The lowest BCUT2D eigenvalue weighted by atomic mass is 10.3. The van der Waals surface area contributed by atoms with Crippen LogP contribution in [-0.2, 0) is 0 Å². The molecular weight excluding hydrogens is 220 g/mol. The minimum Gasteiger partial charge on any atom is -0.395 e. The van der Waals surface area contributed by atoms with Gasteiger partial charge in [0.2, 0.25) is 0 Å². The van der Waals surface area contributed by atoms with Crippen LogP contribution in [0.5, 0.6) is 0 Å². The van der Waals surface area contributed by atoms with E-state index in [1.165, 1.54) is 44.0 Å². The highest BCUT2D eigenvalue weighted by Gasteiger charge is 2.13. The summed E-state index contributed by atoms with van der Waals surface area (Å²) in [7, 11) is 0. The van der Waals surface area contributed by atoms with Crippen LogP contribution in [0.4, 0.5) is 0 Å². The smallest absolute Gasteiger partial charge is 0.0558 e. The molecule has 0 radical (unpaired) electrons. The van der Waals surface area contributed by atoms with Gasteiger partial charge >= 0.3 is 0 Å². The second kappa shape index (κ2) is 9.28. The fraction of sp³-hybridized carbons (Fsp3) is 1.00. The number of hydrogen-bond donors (Lipinski definition) is 1. The first-order valence-corrected chi connectivity index (χ1v) is 7.65. The van der Waals surface area contributed by atoms with Crippen LogP contribution in [0.25, 0.3) is 0 Å². The van der Waals surface area contributed by atoms with Crippen LogP contribution >= 0.6 is 11.8 Å². The van der Waals surface area contributed by atoms with Gasteiger partial charge in [-0.25, -0.2) is 0 Å². The van der Waals surface area contributed by atoms with Crippen LogP contribution in [0.1, 0.15) is 19.8 Å². The van der Waals surface area contributed by atoms with E-state index >= 15 is 0 Å². The molecule has 0 aliphatic carbocycles. The average molecular weight is 246 g/mol. The van der Waals surface area contributed by atoms with E-state index in [1.807, 2.05) is 11.8 Å². The summed E-state index contributed by atoms with van der Waals surface area (Å²) in [6, 6.07) is 0. The van der Waals surface area contributed by atoms with Crippen molar-refractivity contribution in [2.45, 2.75) is 19.8 Å². The Kier molecular flexibility index (Phi) is 8.29. The third-order valence-corrected chi connectivity index (χ3v) is 4.05. The molecule has 0 amide bonds. The van der Waals surface area contributed by atoms with E-state index in [-0.39, 0.29) is 0 Å². The molecule has 0 atom stereocenters. The van der Waals surface area contributed by atoms with Crippen molar-refractivity contribution >= 4 is 11.8 Å². The zero-order chi connectivity index (χ0) is 11.6. The summed E-state index contributed by atoms with van der Waals surface area (Å²) in [5.74, 6) is 2.54. The molecule has 1 aliphatic heterocycles. The quantitative estimate of drug-likeness (QED) is 0.681. The van der Waals surface area contributed by atoms with Gasteiger partial charge in [-0.15, -0.1) is 0 Å². The van der Waals surface area contributed by atoms with Crippen LogP contribution in [-0.4, -0.2) is 72.3 Å². The maximum absolute atomic E-state index is 8.92. The number of aliphatic hydroxyl groups excluding tert-OH is 1. The number of aliphatic hydroxyl groups is 1. The maximum Gasteiger partial charge on any atom is 0.0558 e. The molecule has 0 bridgehead atoms. The van der Waals surface area contributed by atoms with Crippen LogP contribution in [0.2, 0.25) is 0 Å². The van der Waals surface area contributed by atoms with E-state index in [4.69, 9.17) is 5.11 Å². The monoisotopic (exact) mass is 246 g/mol. The van der Waals surface area contributed by atoms with Gasteiger partial charge in [-0.2, -0.15) is 11.8 Å². The summed E-state index contributed by atoms with van der Waals surface area (Å²) in [5.41, 5.74) is 0. The molecule has 1 heterocycles. The topological polar surface area (TPSA) is 26.7 Å². The number of nitrogens with zero attached hydrogens (tertiary/aromatic N) is 2. The Morgan fingerprint density at radius 3 is 2.38 bits per heavy atom. The molecule has 1 aliphatic rings. The van der Waals surface area contributed by atoms with Crippen molar-refractivity contribution in [3.05, 3.63) is 0 Å². The third-order valence-electron chi connectivity index (χ3n) is 3.06. The Bertz CT molecular complexity index is 169. The van der Waals surface area contributed by atoms with Crippen molar-refractivity contribution in [1.82, 2.24) is 9.80 Å². The van der Waals surface area contributed by atoms with Crippen LogP contribution in [0, 0.1) is 0 Å². The number of hydrogen-bond acceptors (Lipinski definition) is 4. The molecule has 3 nitrogen and oxygen atoms in total. The molecule has 0 saturated carbocycles. The van der Waals surface area contributed by atoms with E-state index in [2.05, 4.69) is 16.7 Å². The van der Waals surface area contributed by atoms with Crippen molar-refractivity contribution in [3.8, 4) is 0 Å². The molecule has 4 heteroatoms. The lowest BCUT2D eigenvalue weighted by molar-refractivity contribution is 0.197. The molecule has 1 fully saturated rings. The van der Waals surface area contributed by atoms with Gasteiger partial charge in [0.1, 0.15) is 0 Å². The molecular formula is C12H26N2OS. The first kappa shape index (κ1) is 14.3. The molecule has 1 N–H and O–H groups in total. The van der Waals surface area contributed by atoms with Crippen molar-refractivity contribution in [1.29, 1.82) is 0 Å². The van der Waals surface area contributed by atoms with E-state index in [0.717, 1.165) is 19.6 Å². The van der Waals surface area contributed by atoms with Crippen molar-refractivity contribution in [3.63, 3.8) is 0 Å². The lowest BCUT2D eigenvalue weighted by Gasteiger charge is -2.20. The summed E-state index contributed by atoms with van der Waals surface area (Å²) >= 11 is 2.04. The van der Waals surface area contributed by atoms with Gasteiger partial charge < -0.3 is 10.0 Å². The Morgan fingerprint density at radius 2 is 1.75 bits per heavy atom. The zero-order valence-corrected chi connectivity index (χ0v) is 11.3. The summed E-state index contributed by atoms with van der Waals surface area (Å²) in [5, 5.41) is 8.92. The van der Waals surface area contributed by atoms with Gasteiger partial charge in [0.05, 0.1) is 6.61 Å². The minimum atomic E-state index is 0.299. The maximum atomic E-state index is 8.92. The third kappa shape index (κ3) is 6.09. The SMILES string of the molecule is CCSCCCN1CCCN(CCO)CC1. The van der Waals surface area contributed by atoms with Gasteiger partial charge in [-0.05, 0) is 44.0 Å². The fourth-order valence-electron chi connectivity index (χ4n) is 2.15. The van der Waals surface area contributed by atoms with E-state index in [0.29, 0.717) is 6.61 Å². The predicted molar refractivity (Wildman–Crippen MR) is 72.2 cm³/mol. The highest BCUT2D eigenvalue weighted by Crippen LogP contribution is 2.06. The number of thioether (sulfide) groups is 1. The molecule has 16 heavy (non-hydrogen) atoms. The Morgan fingerprint density at radius 1 is 1.06 bits per heavy atom. The lowest BCUT2D eigenvalue weighted by Crippen LogP contribution is -2.33. The summed E-state index contributed by atoms with van der Waals surface area (Å²) in [6.45, 7) is 9.31. The summed E-state index contributed by atoms with van der Waals surface area (Å²) in [4.78, 5) is 4.95. The average Bonchev–Trinajstić information content (AvgIpc) is 2.51. The van der Waals surface area contributed by atoms with E-state index < -0.39 is 0 Å². The van der Waals surface area contributed by atoms with Gasteiger partial charge in [-0.3, -0.25) is 4.90 Å². The van der Waals surface area contributed by atoms with Gasteiger partial charge in [0.15, 0.2) is 0 Å². The predicted octanol–water partition coefficient (Wildman–Crippen LogP) is 1.13. The molecule has 0 aromatic heterocycles. The molecule has 1 saturated heterocycles. The largest absolute Gasteiger partial charge is 0.395 e. The molecule has 0 spiro atoms. The normalized spacial score (nSPS) is 19.9. The summed E-state index contributed by atoms with van der Waals surface area (Å²) in [6.07, 6.45) is 2.57. The second-order valence-electron chi connectivity index (χ2n) is 4.31. The second-order valence-corrected chi connectivity index (χ2v) is 5.70. The molecule has 1 rings (SSSR count). The van der Waals surface area contributed by atoms with Crippen molar-refractivity contribution in [2.75, 3.05) is 57.4 Å². The van der Waals surface area contributed by atoms with E-state index in [9.17, 15) is 0 Å².